The Labute approximate surface area is 225 Å². The molecule has 36 heavy (non-hydrogen) atoms. The third-order valence-corrected chi connectivity index (χ3v) is 10.0. The molecule has 3 aliphatic rings. The normalized spacial score (nSPS) is 22.7. The number of carbonyl (C=O) groups is 1. The number of fused-ring (bicyclic) bond motifs is 1. The van der Waals surface area contributed by atoms with E-state index in [9.17, 15) is 13.2 Å². The van der Waals surface area contributed by atoms with Crippen LogP contribution in [0.1, 0.15) is 18.4 Å². The van der Waals surface area contributed by atoms with Crippen molar-refractivity contribution in [3.63, 3.8) is 0 Å². The molecule has 0 saturated carbocycles. The van der Waals surface area contributed by atoms with Crippen LogP contribution in [0.25, 0.3) is 5.70 Å². The number of alkyl halides is 1. The van der Waals surface area contributed by atoms with E-state index in [-0.39, 0.29) is 22.6 Å². The Morgan fingerprint density at radius 1 is 1.17 bits per heavy atom. The molecule has 1 unspecified atom stereocenters. The van der Waals surface area contributed by atoms with Crippen molar-refractivity contribution < 1.29 is 17.9 Å². The number of anilines is 1. The van der Waals surface area contributed by atoms with E-state index in [4.69, 9.17) is 10.6 Å². The number of hydrogen-bond acceptors (Lipinski definition) is 8. The zero-order valence-corrected chi connectivity index (χ0v) is 22.9. The zero-order chi connectivity index (χ0) is 25.3. The third-order valence-electron chi connectivity index (χ3n) is 7.03. The number of sulfone groups is 1. The molecule has 0 radical (unpaired) electrons. The summed E-state index contributed by atoms with van der Waals surface area (Å²) in [5, 5.41) is 1.73. The van der Waals surface area contributed by atoms with Crippen molar-refractivity contribution in [2.45, 2.75) is 27.7 Å². The molecular weight excluding hydrogens is 593 g/mol. The van der Waals surface area contributed by atoms with Gasteiger partial charge in [-0.05, 0) is 36.6 Å². The maximum Gasteiger partial charge on any atom is 0.239 e. The molecule has 9 nitrogen and oxygen atoms in total. The molecule has 1 aromatic carbocycles. The van der Waals surface area contributed by atoms with Crippen LogP contribution in [0.2, 0.25) is 0 Å². The Bertz CT molecular complexity index is 1250. The Morgan fingerprint density at radius 3 is 2.69 bits per heavy atom. The van der Waals surface area contributed by atoms with Gasteiger partial charge in [-0.2, -0.15) is 0 Å². The molecule has 11 heteroatoms. The van der Waals surface area contributed by atoms with Crippen LogP contribution in [0.15, 0.2) is 59.3 Å². The van der Waals surface area contributed by atoms with Crippen molar-refractivity contribution in [2.24, 2.45) is 5.84 Å². The number of carbonyl (C=O) groups excluding carboxylic acids is 1. The second-order valence-electron chi connectivity index (χ2n) is 9.29. The van der Waals surface area contributed by atoms with Crippen molar-refractivity contribution >= 4 is 49.7 Å². The van der Waals surface area contributed by atoms with Crippen molar-refractivity contribution in [3.05, 3.63) is 59.9 Å². The average molecular weight is 624 g/mol. The minimum atomic E-state index is -3.61. The van der Waals surface area contributed by atoms with E-state index in [2.05, 4.69) is 32.5 Å². The number of benzene rings is 1. The van der Waals surface area contributed by atoms with Gasteiger partial charge in [0.05, 0.1) is 47.5 Å². The van der Waals surface area contributed by atoms with Gasteiger partial charge < -0.3 is 19.5 Å². The topological polar surface area (TPSA) is 109 Å². The monoisotopic (exact) mass is 623 g/mol. The molecule has 2 fully saturated rings. The van der Waals surface area contributed by atoms with Crippen LogP contribution in [-0.4, -0.2) is 84.3 Å². The second kappa shape index (κ2) is 10.6. The number of ether oxygens (including phenoxy) is 1. The van der Waals surface area contributed by atoms with Crippen LogP contribution in [0.4, 0.5) is 5.69 Å². The number of rotatable bonds is 5. The fourth-order valence-electron chi connectivity index (χ4n) is 5.19. The first-order valence-electron chi connectivity index (χ1n) is 12.1. The lowest BCUT2D eigenvalue weighted by molar-refractivity contribution is -0.133. The van der Waals surface area contributed by atoms with Gasteiger partial charge in [-0.15, -0.1) is 0 Å². The first-order chi connectivity index (χ1) is 17.4. The van der Waals surface area contributed by atoms with E-state index >= 15 is 0 Å². The van der Waals surface area contributed by atoms with Gasteiger partial charge in [0.1, 0.15) is 3.92 Å². The Hall–Kier alpha value is -2.22. The first kappa shape index (κ1) is 25.4. The molecule has 0 spiro atoms. The molecular formula is C25H30IN5O4S. The van der Waals surface area contributed by atoms with Gasteiger partial charge in [0, 0.05) is 37.9 Å². The van der Waals surface area contributed by atoms with Crippen LogP contribution in [-0.2, 0) is 19.4 Å². The predicted molar refractivity (Wildman–Crippen MR) is 146 cm³/mol. The number of hydrazine groups is 1. The van der Waals surface area contributed by atoms with E-state index in [1.54, 1.807) is 34.3 Å². The molecule has 3 aliphatic heterocycles. The number of pyridine rings is 1. The highest BCUT2D eigenvalue weighted by Gasteiger charge is 2.40. The summed E-state index contributed by atoms with van der Waals surface area (Å²) in [5.74, 6) is 6.54. The molecule has 2 N–H and O–H groups in total. The minimum absolute atomic E-state index is 0.0556. The van der Waals surface area contributed by atoms with Gasteiger partial charge >= 0.3 is 0 Å². The quantitative estimate of drug-likeness (QED) is 0.234. The molecule has 5 rings (SSSR count). The summed E-state index contributed by atoms with van der Waals surface area (Å²) in [4.78, 5) is 22.0. The molecule has 2 aromatic rings. The highest BCUT2D eigenvalue weighted by Crippen LogP contribution is 2.39. The largest absolute Gasteiger partial charge is 0.378 e. The average Bonchev–Trinajstić information content (AvgIpc) is 2.92. The number of morpholine rings is 1. The maximum atomic E-state index is 13.5. The minimum Gasteiger partial charge on any atom is -0.378 e. The fraction of sp³-hybridized carbons (Fsp3) is 0.440. The summed E-state index contributed by atoms with van der Waals surface area (Å²) in [7, 11) is -3.61. The number of nitrogens with two attached hydrogens (primary N) is 1. The highest BCUT2D eigenvalue weighted by molar-refractivity contribution is 14.1. The lowest BCUT2D eigenvalue weighted by Crippen LogP contribution is -2.52. The number of hydrogen-bond donors (Lipinski definition) is 1. The smallest absolute Gasteiger partial charge is 0.239 e. The summed E-state index contributed by atoms with van der Waals surface area (Å²) in [6.07, 6.45) is 5.40. The predicted octanol–water partition coefficient (Wildman–Crippen LogP) is 2.09. The number of amides is 1. The standard InChI is InChI=1S/C25H30IN5O4S/c26-23(25(32)29-11-13-35-14-12-29)21-17-36(33,34)22-8-2-1-7-20(22)24(21)31(27)19-6-4-10-30(16-19)18-5-3-9-28-15-18/h1-3,5,7-9,15,19,23H,4,6,10-14,16-17,27H2/t19-,23?/m0/s1. The molecule has 2 atom stereocenters. The number of halogens is 1. The number of nitrogens with zero attached hydrogens (tertiary/aromatic N) is 4. The van der Waals surface area contributed by atoms with Crippen molar-refractivity contribution in [1.29, 1.82) is 0 Å². The Kier molecular flexibility index (Phi) is 7.52. The second-order valence-corrected chi connectivity index (χ2v) is 12.5. The van der Waals surface area contributed by atoms with E-state index in [0.717, 1.165) is 25.1 Å². The Balaban J connectivity index is 1.53. The van der Waals surface area contributed by atoms with Gasteiger partial charge in [0.25, 0.3) is 0 Å². The summed E-state index contributed by atoms with van der Waals surface area (Å²) < 4.78 is 31.4. The lowest BCUT2D eigenvalue weighted by Gasteiger charge is -2.42. The molecule has 4 heterocycles. The molecule has 192 valence electrons. The van der Waals surface area contributed by atoms with Gasteiger partial charge in [-0.25, -0.2) is 14.3 Å². The molecule has 0 aliphatic carbocycles. The van der Waals surface area contributed by atoms with Crippen molar-refractivity contribution in [1.82, 2.24) is 14.9 Å². The SMILES string of the molecule is NN(C1=C(C(I)C(=O)N2CCOCC2)CS(=O)(=O)c2ccccc21)[C@H]1CCCN(c2cccnc2)C1. The summed E-state index contributed by atoms with van der Waals surface area (Å²) >= 11 is 2.08. The van der Waals surface area contributed by atoms with Crippen molar-refractivity contribution in [3.8, 4) is 0 Å². The summed E-state index contributed by atoms with van der Waals surface area (Å²) in [6, 6.07) is 10.9. The zero-order valence-electron chi connectivity index (χ0n) is 19.9. The van der Waals surface area contributed by atoms with Crippen LogP contribution in [0, 0.1) is 0 Å². The number of piperidine rings is 1. The summed E-state index contributed by atoms with van der Waals surface area (Å²) in [5.41, 5.74) is 2.80. The number of aromatic nitrogens is 1. The van der Waals surface area contributed by atoms with E-state index < -0.39 is 13.8 Å². The highest BCUT2D eigenvalue weighted by atomic mass is 127. The van der Waals surface area contributed by atoms with Gasteiger partial charge in [0.15, 0.2) is 9.84 Å². The van der Waals surface area contributed by atoms with Crippen LogP contribution in [0.3, 0.4) is 0 Å². The first-order valence-corrected chi connectivity index (χ1v) is 15.0. The van der Waals surface area contributed by atoms with Gasteiger partial charge in [0.2, 0.25) is 5.91 Å². The van der Waals surface area contributed by atoms with E-state index in [1.807, 2.05) is 24.4 Å². The van der Waals surface area contributed by atoms with Gasteiger partial charge in [-0.1, -0.05) is 40.8 Å². The summed E-state index contributed by atoms with van der Waals surface area (Å²) in [6.45, 7) is 3.54. The fourth-order valence-corrected chi connectivity index (χ4v) is 8.05. The van der Waals surface area contributed by atoms with E-state index in [1.165, 1.54) is 0 Å². The maximum absolute atomic E-state index is 13.5. The Morgan fingerprint density at radius 2 is 1.94 bits per heavy atom. The van der Waals surface area contributed by atoms with Crippen LogP contribution in [0.5, 0.6) is 0 Å². The molecule has 1 aromatic heterocycles. The molecule has 1 amide bonds. The van der Waals surface area contributed by atoms with Crippen LogP contribution >= 0.6 is 22.6 Å². The van der Waals surface area contributed by atoms with Crippen LogP contribution < -0.4 is 10.7 Å². The van der Waals surface area contributed by atoms with Crippen molar-refractivity contribution in [2.75, 3.05) is 50.0 Å². The molecule has 0 bridgehead atoms. The molecule has 2 saturated heterocycles. The third kappa shape index (κ3) is 4.98. The van der Waals surface area contributed by atoms with E-state index in [0.29, 0.717) is 49.7 Å². The van der Waals surface area contributed by atoms with Gasteiger partial charge in [-0.3, -0.25) is 9.78 Å². The lowest BCUT2D eigenvalue weighted by atomic mass is 9.98.